The first-order valence-electron chi connectivity index (χ1n) is 12.9. The SMILES string of the molecule is CC(=O)OC[C@H]1O[C@@H](CC[C@H]2COC(C)(C)N2C(=O)OC(C)(C)C)[C@H](OC(C)=O)[C@@H](OC(C)=O)[C@@H]1OC(C)=O. The molecule has 13 nitrogen and oxygen atoms in total. The number of esters is 4. The molecule has 0 unspecified atom stereocenters. The van der Waals surface area contributed by atoms with Crippen LogP contribution >= 0.6 is 0 Å². The molecule has 13 heteroatoms. The minimum atomic E-state index is -1.24. The maximum atomic E-state index is 13.0. The molecule has 6 atom stereocenters. The molecule has 39 heavy (non-hydrogen) atoms. The Morgan fingerprint density at radius 3 is 1.79 bits per heavy atom. The molecule has 0 aliphatic carbocycles. The molecule has 0 N–H and O–H groups in total. The molecule has 0 spiro atoms. The quantitative estimate of drug-likeness (QED) is 0.317. The normalized spacial score (nSPS) is 28.3. The summed E-state index contributed by atoms with van der Waals surface area (Å²) in [5.41, 5.74) is -1.66. The average Bonchev–Trinajstić information content (AvgIpc) is 3.06. The van der Waals surface area contributed by atoms with E-state index < -0.39 is 77.9 Å². The molecule has 0 radical (unpaired) electrons. The third kappa shape index (κ3) is 9.34. The second-order valence-corrected chi connectivity index (χ2v) is 11.1. The molecule has 222 valence electrons. The fourth-order valence-electron chi connectivity index (χ4n) is 4.68. The van der Waals surface area contributed by atoms with E-state index in [2.05, 4.69) is 0 Å². The van der Waals surface area contributed by atoms with Gasteiger partial charge in [0.2, 0.25) is 0 Å². The van der Waals surface area contributed by atoms with Crippen LogP contribution in [0.2, 0.25) is 0 Å². The van der Waals surface area contributed by atoms with Gasteiger partial charge in [0, 0.05) is 27.7 Å². The Kier molecular flexibility index (Phi) is 10.7. The molecule has 0 aromatic heterocycles. The topological polar surface area (TPSA) is 153 Å². The predicted molar refractivity (Wildman–Crippen MR) is 133 cm³/mol. The molecule has 2 fully saturated rings. The molecule has 2 aliphatic rings. The first-order valence-corrected chi connectivity index (χ1v) is 12.9. The van der Waals surface area contributed by atoms with Gasteiger partial charge in [0.15, 0.2) is 18.3 Å². The molecule has 1 amide bonds. The molecular formula is C26H41NO12. The van der Waals surface area contributed by atoms with Gasteiger partial charge < -0.3 is 33.2 Å². The summed E-state index contributed by atoms with van der Waals surface area (Å²) < 4.78 is 39.1. The zero-order valence-corrected chi connectivity index (χ0v) is 24.1. The zero-order valence-electron chi connectivity index (χ0n) is 24.1. The van der Waals surface area contributed by atoms with Gasteiger partial charge >= 0.3 is 30.0 Å². The van der Waals surface area contributed by atoms with E-state index in [9.17, 15) is 24.0 Å². The summed E-state index contributed by atoms with van der Waals surface area (Å²) in [6.45, 7) is 13.4. The van der Waals surface area contributed by atoms with E-state index in [0.29, 0.717) is 6.42 Å². The number of amides is 1. The smallest absolute Gasteiger partial charge is 0.412 e. The van der Waals surface area contributed by atoms with Crippen LogP contribution < -0.4 is 0 Å². The zero-order chi connectivity index (χ0) is 29.7. The highest BCUT2D eigenvalue weighted by atomic mass is 16.7. The molecule has 0 saturated carbocycles. The molecule has 2 aliphatic heterocycles. The lowest BCUT2D eigenvalue weighted by molar-refractivity contribution is -0.253. The van der Waals surface area contributed by atoms with Crippen molar-refractivity contribution < 1.29 is 57.1 Å². The van der Waals surface area contributed by atoms with E-state index in [0.717, 1.165) is 13.8 Å². The fourth-order valence-corrected chi connectivity index (χ4v) is 4.68. The van der Waals surface area contributed by atoms with Crippen LogP contribution in [0.1, 0.15) is 75.2 Å². The summed E-state index contributed by atoms with van der Waals surface area (Å²) in [6, 6.07) is -0.415. The number of hydrogen-bond acceptors (Lipinski definition) is 12. The third-order valence-electron chi connectivity index (χ3n) is 6.04. The van der Waals surface area contributed by atoms with E-state index in [-0.39, 0.29) is 19.6 Å². The Hall–Kier alpha value is -2.93. The van der Waals surface area contributed by atoms with E-state index in [1.54, 1.807) is 34.6 Å². The van der Waals surface area contributed by atoms with Crippen LogP contribution in [-0.4, -0.2) is 96.0 Å². The standard InChI is InChI=1S/C26H41NO12/c1-14(28)33-13-20-22(36-16(3)30)23(37-17(4)31)21(35-15(2)29)19(38-20)11-10-18-12-34-26(8,9)27(18)24(32)39-25(5,6)7/h18-23H,10-13H2,1-9H3/t18-,19-,20+,21-,22+,23+/m0/s1. The highest BCUT2D eigenvalue weighted by molar-refractivity contribution is 5.70. The lowest BCUT2D eigenvalue weighted by atomic mass is 9.91. The Balaban J connectivity index is 2.37. The number of hydrogen-bond donors (Lipinski definition) is 0. The van der Waals surface area contributed by atoms with Crippen LogP contribution in [0.5, 0.6) is 0 Å². The van der Waals surface area contributed by atoms with Crippen LogP contribution in [0.25, 0.3) is 0 Å². The number of rotatable bonds is 8. The van der Waals surface area contributed by atoms with Crippen molar-refractivity contribution in [2.45, 2.75) is 123 Å². The molecule has 2 heterocycles. The predicted octanol–water partition coefficient (Wildman–Crippen LogP) is 2.26. The molecule has 0 aromatic rings. The third-order valence-corrected chi connectivity index (χ3v) is 6.04. The number of carbonyl (C=O) groups excluding carboxylic acids is 5. The molecule has 2 rings (SSSR count). The van der Waals surface area contributed by atoms with E-state index in [1.807, 2.05) is 0 Å². The first-order chi connectivity index (χ1) is 17.9. The summed E-state index contributed by atoms with van der Waals surface area (Å²) >= 11 is 0. The average molecular weight is 560 g/mol. The Morgan fingerprint density at radius 2 is 1.31 bits per heavy atom. The summed E-state index contributed by atoms with van der Waals surface area (Å²) in [7, 11) is 0. The largest absolute Gasteiger partial charge is 0.463 e. The maximum Gasteiger partial charge on any atom is 0.412 e. The van der Waals surface area contributed by atoms with Crippen molar-refractivity contribution in [3.8, 4) is 0 Å². The van der Waals surface area contributed by atoms with Gasteiger partial charge in [0.25, 0.3) is 0 Å². The molecular weight excluding hydrogens is 518 g/mol. The Bertz CT molecular complexity index is 926. The minimum Gasteiger partial charge on any atom is -0.463 e. The fraction of sp³-hybridized carbons (Fsp3) is 0.808. The van der Waals surface area contributed by atoms with Crippen LogP contribution in [0.3, 0.4) is 0 Å². The van der Waals surface area contributed by atoms with Crippen molar-refractivity contribution in [1.82, 2.24) is 4.90 Å². The minimum absolute atomic E-state index is 0.211. The number of carbonyl (C=O) groups is 5. The van der Waals surface area contributed by atoms with E-state index in [1.165, 1.54) is 18.7 Å². The highest BCUT2D eigenvalue weighted by Crippen LogP contribution is 2.35. The molecule has 0 bridgehead atoms. The Morgan fingerprint density at radius 1 is 0.795 bits per heavy atom. The monoisotopic (exact) mass is 559 g/mol. The van der Waals surface area contributed by atoms with Crippen LogP contribution in [0.4, 0.5) is 4.79 Å². The van der Waals surface area contributed by atoms with Crippen molar-refractivity contribution >= 4 is 30.0 Å². The second kappa shape index (κ2) is 12.9. The summed E-state index contributed by atoms with van der Waals surface area (Å²) in [5.74, 6) is -2.68. The maximum absolute atomic E-state index is 13.0. The highest BCUT2D eigenvalue weighted by Gasteiger charge is 2.53. The van der Waals surface area contributed by atoms with Gasteiger partial charge in [-0.3, -0.25) is 24.1 Å². The van der Waals surface area contributed by atoms with Crippen molar-refractivity contribution in [1.29, 1.82) is 0 Å². The van der Waals surface area contributed by atoms with Crippen LogP contribution in [-0.2, 0) is 52.3 Å². The molecule has 2 saturated heterocycles. The number of nitrogens with zero attached hydrogens (tertiary/aromatic N) is 1. The Labute approximate surface area is 228 Å². The number of ether oxygens (including phenoxy) is 7. The lowest BCUT2D eigenvalue weighted by Gasteiger charge is -2.45. The first kappa shape index (κ1) is 32.3. The van der Waals surface area contributed by atoms with Crippen LogP contribution in [0.15, 0.2) is 0 Å². The summed E-state index contributed by atoms with van der Waals surface area (Å²) in [4.78, 5) is 62.0. The van der Waals surface area contributed by atoms with Gasteiger partial charge in [-0.05, 0) is 47.5 Å². The van der Waals surface area contributed by atoms with Gasteiger partial charge in [-0.15, -0.1) is 0 Å². The van der Waals surface area contributed by atoms with E-state index >= 15 is 0 Å². The summed E-state index contributed by atoms with van der Waals surface area (Å²) in [6.07, 6.45) is -5.54. The van der Waals surface area contributed by atoms with E-state index in [4.69, 9.17) is 33.2 Å². The van der Waals surface area contributed by atoms with Gasteiger partial charge in [-0.2, -0.15) is 0 Å². The van der Waals surface area contributed by atoms with Gasteiger partial charge in [0.1, 0.15) is 24.0 Å². The van der Waals surface area contributed by atoms with Gasteiger partial charge in [-0.1, -0.05) is 0 Å². The molecule has 0 aromatic carbocycles. The van der Waals surface area contributed by atoms with Crippen molar-refractivity contribution in [3.63, 3.8) is 0 Å². The van der Waals surface area contributed by atoms with Crippen LogP contribution in [0, 0.1) is 0 Å². The van der Waals surface area contributed by atoms with Crippen molar-refractivity contribution in [2.24, 2.45) is 0 Å². The lowest BCUT2D eigenvalue weighted by Crippen LogP contribution is -2.62. The van der Waals surface area contributed by atoms with Gasteiger partial charge in [0.05, 0.1) is 18.8 Å². The van der Waals surface area contributed by atoms with Crippen molar-refractivity contribution in [2.75, 3.05) is 13.2 Å². The van der Waals surface area contributed by atoms with Crippen molar-refractivity contribution in [3.05, 3.63) is 0 Å². The summed E-state index contributed by atoms with van der Waals surface area (Å²) in [5, 5.41) is 0. The second-order valence-electron chi connectivity index (χ2n) is 11.1. The van der Waals surface area contributed by atoms with Gasteiger partial charge in [-0.25, -0.2) is 4.79 Å².